The summed E-state index contributed by atoms with van der Waals surface area (Å²) >= 11 is 0. The Balaban J connectivity index is 2.00. The minimum Gasteiger partial charge on any atom is -0.492 e. The molecular weight excluding hydrogens is 773 g/mol. The standard InChI is InChI=1S/C47H62O13/c1-9-13-14-15-33-16-18-35(19-17-33)36-20-22-39(34(10-2)24-36)37-21-23-40(38(25-37)26-56-41(48)31(5)6)57-27-47(28-58-42(49)32(7)8,29-59-45(52)43(50)54-11-3)30-60-46(53)44(51)55-12-4/h20-25,33,35H,5,7,9-19,26-30H2,1-4,6,8H3. The van der Waals surface area contributed by atoms with Crippen LogP contribution in [0.4, 0.5) is 0 Å². The van der Waals surface area contributed by atoms with Crippen molar-refractivity contribution in [3.8, 4) is 16.9 Å². The molecular formula is C47H62O13. The lowest BCUT2D eigenvalue weighted by Crippen LogP contribution is -2.45. The fourth-order valence-corrected chi connectivity index (χ4v) is 6.93. The van der Waals surface area contributed by atoms with Crippen LogP contribution < -0.4 is 4.74 Å². The molecule has 0 atom stereocenters. The normalized spacial score (nSPS) is 14.9. The second-order valence-electron chi connectivity index (χ2n) is 15.4. The van der Waals surface area contributed by atoms with E-state index in [1.165, 1.54) is 90.2 Å². The maximum absolute atomic E-state index is 12.6. The van der Waals surface area contributed by atoms with Gasteiger partial charge in [-0.2, -0.15) is 0 Å². The molecule has 0 unspecified atom stereocenters. The van der Waals surface area contributed by atoms with Crippen molar-refractivity contribution < 1.29 is 61.9 Å². The van der Waals surface area contributed by atoms with Gasteiger partial charge >= 0.3 is 35.8 Å². The first-order chi connectivity index (χ1) is 28.7. The van der Waals surface area contributed by atoms with Gasteiger partial charge in [-0.3, -0.25) is 0 Å². The lowest BCUT2D eigenvalue weighted by atomic mass is 9.76. The molecule has 13 heteroatoms. The third-order valence-corrected chi connectivity index (χ3v) is 10.4. The summed E-state index contributed by atoms with van der Waals surface area (Å²) in [5.74, 6) is -5.19. The first-order valence-corrected chi connectivity index (χ1v) is 20.9. The summed E-state index contributed by atoms with van der Waals surface area (Å²) in [5, 5.41) is 0. The van der Waals surface area contributed by atoms with Crippen molar-refractivity contribution in [1.82, 2.24) is 0 Å². The molecule has 0 aromatic heterocycles. The number of rotatable bonds is 22. The fraction of sp³-hybridized carbons (Fsp3) is 0.532. The summed E-state index contributed by atoms with van der Waals surface area (Å²) in [4.78, 5) is 74.7. The van der Waals surface area contributed by atoms with E-state index in [9.17, 15) is 28.8 Å². The van der Waals surface area contributed by atoms with Crippen LogP contribution in [0.1, 0.15) is 116 Å². The maximum atomic E-state index is 12.6. The number of carbonyl (C=O) groups is 6. The van der Waals surface area contributed by atoms with Crippen LogP contribution in [0.2, 0.25) is 0 Å². The van der Waals surface area contributed by atoms with Crippen LogP contribution >= 0.6 is 0 Å². The molecule has 60 heavy (non-hydrogen) atoms. The predicted molar refractivity (Wildman–Crippen MR) is 224 cm³/mol. The molecule has 0 bridgehead atoms. The van der Waals surface area contributed by atoms with Crippen molar-refractivity contribution in [3.05, 3.63) is 77.4 Å². The number of aryl methyl sites for hydroxylation is 1. The molecule has 0 amide bonds. The number of hydrogen-bond donors (Lipinski definition) is 0. The van der Waals surface area contributed by atoms with Crippen molar-refractivity contribution in [3.63, 3.8) is 0 Å². The van der Waals surface area contributed by atoms with Crippen LogP contribution in [0.5, 0.6) is 5.75 Å². The zero-order valence-corrected chi connectivity index (χ0v) is 36.2. The largest absolute Gasteiger partial charge is 0.492 e. The quantitative estimate of drug-likeness (QED) is 0.0368. The minimum atomic E-state index is -1.71. The lowest BCUT2D eigenvalue weighted by molar-refractivity contribution is -0.178. The van der Waals surface area contributed by atoms with Gasteiger partial charge in [0.05, 0.1) is 13.2 Å². The molecule has 0 N–H and O–H groups in total. The number of carbonyl (C=O) groups excluding carboxylic acids is 6. The van der Waals surface area contributed by atoms with E-state index in [2.05, 4.69) is 45.2 Å². The van der Waals surface area contributed by atoms with Crippen LogP contribution in [0.25, 0.3) is 11.1 Å². The summed E-state index contributed by atoms with van der Waals surface area (Å²) in [6, 6.07) is 12.0. The van der Waals surface area contributed by atoms with E-state index < -0.39 is 67.7 Å². The third kappa shape index (κ3) is 15.0. The van der Waals surface area contributed by atoms with Gasteiger partial charge < -0.3 is 33.2 Å². The third-order valence-electron chi connectivity index (χ3n) is 10.4. The Morgan fingerprint density at radius 3 is 1.70 bits per heavy atom. The Kier molecular flexibility index (Phi) is 20.0. The number of ether oxygens (including phenoxy) is 7. The molecule has 0 saturated heterocycles. The van der Waals surface area contributed by atoms with Crippen LogP contribution in [-0.4, -0.2) is 75.5 Å². The van der Waals surface area contributed by atoms with Crippen molar-refractivity contribution in [1.29, 1.82) is 0 Å². The summed E-state index contributed by atoms with van der Waals surface area (Å²) in [6.07, 6.45) is 10.8. The second-order valence-corrected chi connectivity index (χ2v) is 15.4. The van der Waals surface area contributed by atoms with E-state index in [1.54, 1.807) is 6.07 Å². The number of hydrogen-bond acceptors (Lipinski definition) is 13. The van der Waals surface area contributed by atoms with E-state index in [0.29, 0.717) is 11.5 Å². The zero-order valence-electron chi connectivity index (χ0n) is 36.2. The van der Waals surface area contributed by atoms with Gasteiger partial charge in [0.1, 0.15) is 44.2 Å². The summed E-state index contributed by atoms with van der Waals surface area (Å²) in [6.45, 7) is 14.7. The van der Waals surface area contributed by atoms with Crippen LogP contribution in [-0.2, 0) is 70.2 Å². The van der Waals surface area contributed by atoms with Gasteiger partial charge in [-0.1, -0.05) is 77.0 Å². The van der Waals surface area contributed by atoms with E-state index in [1.807, 2.05) is 12.1 Å². The van der Waals surface area contributed by atoms with E-state index >= 15 is 0 Å². The molecule has 1 aliphatic carbocycles. The first kappa shape index (κ1) is 48.9. The average Bonchev–Trinajstić information content (AvgIpc) is 3.24. The van der Waals surface area contributed by atoms with Crippen molar-refractivity contribution in [2.24, 2.45) is 11.3 Å². The monoisotopic (exact) mass is 834 g/mol. The highest BCUT2D eigenvalue weighted by Crippen LogP contribution is 2.40. The predicted octanol–water partition coefficient (Wildman–Crippen LogP) is 8.09. The maximum Gasteiger partial charge on any atom is 0.417 e. The highest BCUT2D eigenvalue weighted by atomic mass is 16.6. The van der Waals surface area contributed by atoms with Gasteiger partial charge in [0.25, 0.3) is 0 Å². The smallest absolute Gasteiger partial charge is 0.417 e. The van der Waals surface area contributed by atoms with Crippen molar-refractivity contribution in [2.45, 2.75) is 112 Å². The highest BCUT2D eigenvalue weighted by Gasteiger charge is 2.39. The van der Waals surface area contributed by atoms with E-state index in [4.69, 9.17) is 33.2 Å². The Morgan fingerprint density at radius 1 is 0.617 bits per heavy atom. The van der Waals surface area contributed by atoms with Gasteiger partial charge in [-0.15, -0.1) is 0 Å². The summed E-state index contributed by atoms with van der Waals surface area (Å²) in [5.41, 5.74) is 3.34. The van der Waals surface area contributed by atoms with Gasteiger partial charge in [-0.25, -0.2) is 28.8 Å². The van der Waals surface area contributed by atoms with Gasteiger partial charge in [0.15, 0.2) is 0 Å². The van der Waals surface area contributed by atoms with Gasteiger partial charge in [0.2, 0.25) is 0 Å². The Bertz CT molecular complexity index is 1800. The average molecular weight is 835 g/mol. The molecule has 2 aromatic rings. The molecule has 0 aliphatic heterocycles. The summed E-state index contributed by atoms with van der Waals surface area (Å²) < 4.78 is 37.4. The van der Waals surface area contributed by atoms with Crippen molar-refractivity contribution >= 4 is 35.8 Å². The molecule has 1 saturated carbocycles. The van der Waals surface area contributed by atoms with Crippen molar-refractivity contribution in [2.75, 3.05) is 39.6 Å². The Morgan fingerprint density at radius 2 is 1.17 bits per heavy atom. The lowest BCUT2D eigenvalue weighted by Gasteiger charge is -2.32. The Hall–Kier alpha value is -5.46. The Labute approximate surface area is 354 Å². The van der Waals surface area contributed by atoms with Gasteiger partial charge in [-0.05, 0) is 106 Å². The van der Waals surface area contributed by atoms with E-state index in [0.717, 1.165) is 23.5 Å². The molecule has 3 rings (SSSR count). The van der Waals surface area contributed by atoms with Crippen LogP contribution in [0.3, 0.4) is 0 Å². The van der Waals surface area contributed by atoms with E-state index in [-0.39, 0.29) is 36.7 Å². The molecule has 1 aliphatic rings. The number of benzene rings is 2. The fourth-order valence-electron chi connectivity index (χ4n) is 6.93. The SMILES string of the molecule is C=C(C)C(=O)OCc1cc(-c2ccc(C3CCC(CCCCC)CC3)cc2CC)ccc1OCC(COC(=O)C(=C)C)(COC(=O)C(=O)OCC)COC(=O)C(=O)OCC. The highest BCUT2D eigenvalue weighted by molar-refractivity contribution is 6.30. The topological polar surface area (TPSA) is 167 Å². The molecule has 0 spiro atoms. The minimum absolute atomic E-state index is 0.0405. The molecule has 1 fully saturated rings. The summed E-state index contributed by atoms with van der Waals surface area (Å²) in [7, 11) is 0. The van der Waals surface area contributed by atoms with Gasteiger partial charge in [0, 0.05) is 16.7 Å². The molecule has 0 radical (unpaired) electrons. The molecule has 328 valence electrons. The number of unbranched alkanes of at least 4 members (excludes halogenated alkanes) is 2. The zero-order chi connectivity index (χ0) is 44.2. The van der Waals surface area contributed by atoms with Crippen LogP contribution in [0, 0.1) is 11.3 Å². The second kappa shape index (κ2) is 24.6. The van der Waals surface area contributed by atoms with Crippen LogP contribution in [0.15, 0.2) is 60.7 Å². The first-order valence-electron chi connectivity index (χ1n) is 20.9. The molecule has 0 heterocycles. The number of esters is 6. The molecule has 13 nitrogen and oxygen atoms in total. The molecule has 2 aromatic carbocycles.